The van der Waals surface area contributed by atoms with E-state index in [2.05, 4.69) is 9.64 Å². The second kappa shape index (κ2) is 4.49. The van der Waals surface area contributed by atoms with Gasteiger partial charge in [0.2, 0.25) is 0 Å². The maximum absolute atomic E-state index is 11.2. The SMILES string of the molecule is COC(=O)CN1CC2CCCC(N)C2C1. The van der Waals surface area contributed by atoms with Crippen LogP contribution in [0.15, 0.2) is 0 Å². The smallest absolute Gasteiger partial charge is 0.319 e. The van der Waals surface area contributed by atoms with E-state index in [-0.39, 0.29) is 5.97 Å². The van der Waals surface area contributed by atoms with Crippen molar-refractivity contribution < 1.29 is 9.53 Å². The molecule has 2 fully saturated rings. The molecule has 2 rings (SSSR count). The predicted molar refractivity (Wildman–Crippen MR) is 57.3 cm³/mol. The summed E-state index contributed by atoms with van der Waals surface area (Å²) < 4.78 is 4.68. The fourth-order valence-corrected chi connectivity index (χ4v) is 2.99. The lowest BCUT2D eigenvalue weighted by molar-refractivity contribution is -0.141. The lowest BCUT2D eigenvalue weighted by atomic mass is 9.78. The topological polar surface area (TPSA) is 55.6 Å². The molecule has 86 valence electrons. The minimum Gasteiger partial charge on any atom is -0.468 e. The molecule has 1 aliphatic heterocycles. The highest BCUT2D eigenvalue weighted by Gasteiger charge is 2.38. The molecule has 0 amide bonds. The molecule has 0 aromatic heterocycles. The van der Waals surface area contributed by atoms with E-state index >= 15 is 0 Å². The van der Waals surface area contributed by atoms with Gasteiger partial charge in [-0.1, -0.05) is 6.42 Å². The molecule has 1 saturated carbocycles. The Morgan fingerprint density at radius 1 is 1.47 bits per heavy atom. The lowest BCUT2D eigenvalue weighted by Crippen LogP contribution is -2.38. The van der Waals surface area contributed by atoms with E-state index in [4.69, 9.17) is 5.73 Å². The van der Waals surface area contributed by atoms with Gasteiger partial charge in [-0.25, -0.2) is 0 Å². The van der Waals surface area contributed by atoms with Crippen molar-refractivity contribution in [2.24, 2.45) is 17.6 Å². The highest BCUT2D eigenvalue weighted by atomic mass is 16.5. The number of nitrogens with zero attached hydrogens (tertiary/aromatic N) is 1. The van der Waals surface area contributed by atoms with E-state index in [9.17, 15) is 4.79 Å². The average molecular weight is 212 g/mol. The van der Waals surface area contributed by atoms with Gasteiger partial charge in [-0.15, -0.1) is 0 Å². The van der Waals surface area contributed by atoms with Crippen molar-refractivity contribution in [3.05, 3.63) is 0 Å². The number of hydrogen-bond donors (Lipinski definition) is 1. The summed E-state index contributed by atoms with van der Waals surface area (Å²) in [7, 11) is 1.44. The number of methoxy groups -OCH3 is 1. The summed E-state index contributed by atoms with van der Waals surface area (Å²) in [5.41, 5.74) is 6.10. The van der Waals surface area contributed by atoms with Gasteiger partial charge in [0.1, 0.15) is 0 Å². The van der Waals surface area contributed by atoms with Crippen molar-refractivity contribution in [3.8, 4) is 0 Å². The standard InChI is InChI=1S/C11H20N2O2/c1-15-11(14)7-13-5-8-3-2-4-10(12)9(8)6-13/h8-10H,2-7,12H2,1H3. The van der Waals surface area contributed by atoms with E-state index in [1.165, 1.54) is 20.0 Å². The normalized spacial score (nSPS) is 36.3. The van der Waals surface area contributed by atoms with E-state index in [0.717, 1.165) is 19.5 Å². The molecule has 1 saturated heterocycles. The Balaban J connectivity index is 1.89. The van der Waals surface area contributed by atoms with Crippen LogP contribution in [0.2, 0.25) is 0 Å². The summed E-state index contributed by atoms with van der Waals surface area (Å²) in [6.07, 6.45) is 3.66. The number of carbonyl (C=O) groups is 1. The van der Waals surface area contributed by atoms with Crippen molar-refractivity contribution in [1.82, 2.24) is 4.90 Å². The van der Waals surface area contributed by atoms with Crippen molar-refractivity contribution in [3.63, 3.8) is 0 Å². The molecule has 3 atom stereocenters. The first-order valence-corrected chi connectivity index (χ1v) is 5.75. The first-order valence-electron chi connectivity index (χ1n) is 5.75. The van der Waals surface area contributed by atoms with Crippen LogP contribution in [0, 0.1) is 11.8 Å². The van der Waals surface area contributed by atoms with Crippen LogP contribution in [0.3, 0.4) is 0 Å². The van der Waals surface area contributed by atoms with E-state index in [1.807, 2.05) is 0 Å². The molecular formula is C11H20N2O2. The number of rotatable bonds is 2. The van der Waals surface area contributed by atoms with Gasteiger partial charge >= 0.3 is 5.97 Å². The van der Waals surface area contributed by atoms with Crippen LogP contribution >= 0.6 is 0 Å². The van der Waals surface area contributed by atoms with Crippen molar-refractivity contribution in [2.75, 3.05) is 26.7 Å². The molecule has 1 heterocycles. The molecule has 2 N–H and O–H groups in total. The van der Waals surface area contributed by atoms with Crippen LogP contribution in [-0.2, 0) is 9.53 Å². The molecule has 4 nitrogen and oxygen atoms in total. The van der Waals surface area contributed by atoms with Gasteiger partial charge in [0.15, 0.2) is 0 Å². The van der Waals surface area contributed by atoms with Gasteiger partial charge in [0, 0.05) is 19.1 Å². The number of carbonyl (C=O) groups excluding carboxylic acids is 1. The monoisotopic (exact) mass is 212 g/mol. The lowest BCUT2D eigenvalue weighted by Gasteiger charge is -2.29. The number of likely N-dealkylation sites (tertiary alicyclic amines) is 1. The first-order chi connectivity index (χ1) is 7.20. The molecule has 3 unspecified atom stereocenters. The molecule has 0 radical (unpaired) electrons. The summed E-state index contributed by atoms with van der Waals surface area (Å²) >= 11 is 0. The van der Waals surface area contributed by atoms with Crippen LogP contribution in [0.25, 0.3) is 0 Å². The molecule has 0 spiro atoms. The van der Waals surface area contributed by atoms with Crippen LogP contribution in [-0.4, -0.2) is 43.7 Å². The number of esters is 1. The summed E-state index contributed by atoms with van der Waals surface area (Å²) in [5, 5.41) is 0. The quantitative estimate of drug-likeness (QED) is 0.665. The summed E-state index contributed by atoms with van der Waals surface area (Å²) in [5.74, 6) is 1.17. The Bertz CT molecular complexity index is 245. The molecule has 2 aliphatic rings. The van der Waals surface area contributed by atoms with E-state index in [0.29, 0.717) is 24.4 Å². The molecule has 15 heavy (non-hydrogen) atoms. The van der Waals surface area contributed by atoms with Crippen molar-refractivity contribution in [1.29, 1.82) is 0 Å². The number of ether oxygens (including phenoxy) is 1. The number of fused-ring (bicyclic) bond motifs is 1. The van der Waals surface area contributed by atoms with Gasteiger partial charge < -0.3 is 10.5 Å². The van der Waals surface area contributed by atoms with Gasteiger partial charge in [-0.2, -0.15) is 0 Å². The van der Waals surface area contributed by atoms with Crippen LogP contribution in [0.4, 0.5) is 0 Å². The van der Waals surface area contributed by atoms with Crippen molar-refractivity contribution in [2.45, 2.75) is 25.3 Å². The second-order valence-electron chi connectivity index (χ2n) is 4.79. The second-order valence-corrected chi connectivity index (χ2v) is 4.79. The highest BCUT2D eigenvalue weighted by molar-refractivity contribution is 5.71. The number of nitrogens with two attached hydrogens (primary N) is 1. The maximum atomic E-state index is 11.2. The Labute approximate surface area is 90.8 Å². The Morgan fingerprint density at radius 3 is 2.93 bits per heavy atom. The zero-order valence-electron chi connectivity index (χ0n) is 9.32. The van der Waals surface area contributed by atoms with Crippen LogP contribution in [0.1, 0.15) is 19.3 Å². The summed E-state index contributed by atoms with van der Waals surface area (Å²) in [6, 6.07) is 0.339. The Morgan fingerprint density at radius 2 is 2.27 bits per heavy atom. The molecule has 1 aliphatic carbocycles. The third kappa shape index (κ3) is 2.32. The van der Waals surface area contributed by atoms with E-state index in [1.54, 1.807) is 0 Å². The fourth-order valence-electron chi connectivity index (χ4n) is 2.99. The van der Waals surface area contributed by atoms with Crippen LogP contribution < -0.4 is 5.73 Å². The summed E-state index contributed by atoms with van der Waals surface area (Å²) in [6.45, 7) is 2.42. The minimum atomic E-state index is -0.137. The van der Waals surface area contributed by atoms with Gasteiger partial charge in [0.05, 0.1) is 13.7 Å². The maximum Gasteiger partial charge on any atom is 0.319 e. The van der Waals surface area contributed by atoms with E-state index < -0.39 is 0 Å². The molecule has 0 aromatic rings. The first kappa shape index (κ1) is 10.9. The Hall–Kier alpha value is -0.610. The van der Waals surface area contributed by atoms with Gasteiger partial charge in [-0.3, -0.25) is 9.69 Å². The number of hydrogen-bond acceptors (Lipinski definition) is 4. The van der Waals surface area contributed by atoms with Crippen molar-refractivity contribution >= 4 is 5.97 Å². The molecule has 0 aromatic carbocycles. The highest BCUT2D eigenvalue weighted by Crippen LogP contribution is 2.35. The zero-order chi connectivity index (χ0) is 10.8. The fraction of sp³-hybridized carbons (Fsp3) is 0.909. The molecular weight excluding hydrogens is 192 g/mol. The summed E-state index contributed by atoms with van der Waals surface area (Å²) in [4.78, 5) is 13.3. The Kier molecular flexibility index (Phi) is 3.26. The zero-order valence-corrected chi connectivity index (χ0v) is 9.32. The third-order valence-corrected chi connectivity index (χ3v) is 3.81. The molecule has 0 bridgehead atoms. The van der Waals surface area contributed by atoms with Gasteiger partial charge in [0.25, 0.3) is 0 Å². The largest absolute Gasteiger partial charge is 0.468 e. The predicted octanol–water partition coefficient (Wildman–Crippen LogP) is 0.219. The van der Waals surface area contributed by atoms with Crippen LogP contribution in [0.5, 0.6) is 0 Å². The van der Waals surface area contributed by atoms with Gasteiger partial charge in [-0.05, 0) is 24.7 Å². The minimum absolute atomic E-state index is 0.137. The molecule has 4 heteroatoms. The third-order valence-electron chi connectivity index (χ3n) is 3.81. The average Bonchev–Trinajstić information content (AvgIpc) is 2.62.